The van der Waals surface area contributed by atoms with Gasteiger partial charge in [0.1, 0.15) is 5.69 Å². The van der Waals surface area contributed by atoms with E-state index in [4.69, 9.17) is 0 Å². The fourth-order valence-corrected chi connectivity index (χ4v) is 5.66. The van der Waals surface area contributed by atoms with Crippen molar-refractivity contribution in [3.8, 4) is 0 Å². The van der Waals surface area contributed by atoms with Crippen molar-refractivity contribution in [2.45, 2.75) is 56.5 Å². The molecule has 7 rings (SSSR count). The molecule has 3 aliphatic heterocycles. The van der Waals surface area contributed by atoms with E-state index in [1.165, 1.54) is 30.4 Å². The fraction of sp³-hybridized carbons (Fsp3) is 0.565. The predicted molar refractivity (Wildman–Crippen MR) is 107 cm³/mol. The first-order chi connectivity index (χ1) is 13.7. The molecule has 28 heavy (non-hydrogen) atoms. The van der Waals surface area contributed by atoms with E-state index >= 15 is 0 Å². The highest BCUT2D eigenvalue weighted by atomic mass is 16.2. The van der Waals surface area contributed by atoms with Gasteiger partial charge in [-0.05, 0) is 61.6 Å². The molecule has 1 aromatic carbocycles. The van der Waals surface area contributed by atoms with Crippen LogP contribution in [0.25, 0.3) is 0 Å². The number of hydrogen-bond acceptors (Lipinski definition) is 3. The number of benzene rings is 1. The molecule has 1 N–H and O–H groups in total. The van der Waals surface area contributed by atoms with Gasteiger partial charge in [-0.1, -0.05) is 24.3 Å². The minimum absolute atomic E-state index is 0.134. The van der Waals surface area contributed by atoms with Crippen molar-refractivity contribution in [3.63, 3.8) is 0 Å². The average Bonchev–Trinajstić information content (AvgIpc) is 3.40. The second-order valence-electron chi connectivity index (χ2n) is 9.32. The predicted octanol–water partition coefficient (Wildman–Crippen LogP) is 2.99. The van der Waals surface area contributed by atoms with Crippen molar-refractivity contribution >= 4 is 5.91 Å². The number of carbonyl (C=O) groups is 1. The molecule has 1 aromatic heterocycles. The Balaban J connectivity index is 1.19. The Morgan fingerprint density at radius 3 is 2.50 bits per heavy atom. The lowest BCUT2D eigenvalue weighted by Gasteiger charge is -2.36. The second-order valence-corrected chi connectivity index (χ2v) is 9.32. The fourth-order valence-electron chi connectivity index (χ4n) is 5.66. The summed E-state index contributed by atoms with van der Waals surface area (Å²) in [5.74, 6) is 1.33. The Bertz CT molecular complexity index is 877. The molecule has 1 amide bonds. The molecule has 2 atom stereocenters. The number of piperidine rings is 1. The smallest absolute Gasteiger partial charge is 0.274 e. The van der Waals surface area contributed by atoms with Crippen molar-refractivity contribution in [1.82, 2.24) is 20.0 Å². The molecule has 5 heteroatoms. The van der Waals surface area contributed by atoms with Gasteiger partial charge in [0.25, 0.3) is 5.91 Å². The summed E-state index contributed by atoms with van der Waals surface area (Å²) in [6.45, 7) is 3.04. The number of aromatic nitrogens is 2. The van der Waals surface area contributed by atoms with Crippen molar-refractivity contribution in [1.29, 1.82) is 0 Å². The van der Waals surface area contributed by atoms with Gasteiger partial charge in [-0.3, -0.25) is 14.8 Å². The van der Waals surface area contributed by atoms with E-state index in [1.54, 1.807) is 0 Å². The van der Waals surface area contributed by atoms with E-state index in [2.05, 4.69) is 44.3 Å². The third-order valence-corrected chi connectivity index (χ3v) is 7.38. The van der Waals surface area contributed by atoms with Gasteiger partial charge in [0, 0.05) is 43.3 Å². The van der Waals surface area contributed by atoms with Gasteiger partial charge >= 0.3 is 0 Å². The lowest BCUT2D eigenvalue weighted by atomic mass is 9.94. The number of H-pyrrole nitrogens is 1. The molecule has 5 nitrogen and oxygen atoms in total. The molecule has 1 saturated carbocycles. The molecule has 0 unspecified atom stereocenters. The molecule has 4 fully saturated rings. The first-order valence-corrected chi connectivity index (χ1v) is 10.9. The molecular weight excluding hydrogens is 348 g/mol. The molecule has 0 radical (unpaired) electrons. The lowest BCUT2D eigenvalue weighted by Crippen LogP contribution is -2.48. The van der Waals surface area contributed by atoms with Crippen molar-refractivity contribution in [2.24, 2.45) is 5.92 Å². The summed E-state index contributed by atoms with van der Waals surface area (Å²) >= 11 is 0. The van der Waals surface area contributed by atoms with E-state index in [0.717, 1.165) is 44.6 Å². The van der Waals surface area contributed by atoms with Gasteiger partial charge in [-0.2, -0.15) is 5.10 Å². The number of carbonyl (C=O) groups excluding carboxylic acids is 1. The molecule has 2 bridgehead atoms. The summed E-state index contributed by atoms with van der Waals surface area (Å²) in [6.07, 6.45) is 7.15. The Morgan fingerprint density at radius 1 is 0.964 bits per heavy atom. The number of rotatable bonds is 3. The van der Waals surface area contributed by atoms with Crippen LogP contribution < -0.4 is 0 Å². The van der Waals surface area contributed by atoms with Gasteiger partial charge in [0.15, 0.2) is 0 Å². The van der Waals surface area contributed by atoms with Gasteiger partial charge < -0.3 is 4.90 Å². The van der Waals surface area contributed by atoms with E-state index in [1.807, 2.05) is 6.07 Å². The first-order valence-electron chi connectivity index (χ1n) is 10.9. The summed E-state index contributed by atoms with van der Waals surface area (Å²) in [6, 6.07) is 11.8. The van der Waals surface area contributed by atoms with E-state index in [9.17, 15) is 4.79 Å². The van der Waals surface area contributed by atoms with Crippen LogP contribution in [0.5, 0.6) is 0 Å². The molecule has 0 spiro atoms. The Kier molecular flexibility index (Phi) is 3.86. The van der Waals surface area contributed by atoms with Crippen LogP contribution in [-0.2, 0) is 12.8 Å². The number of hydrogen-bond donors (Lipinski definition) is 1. The van der Waals surface area contributed by atoms with E-state index < -0.39 is 0 Å². The van der Waals surface area contributed by atoms with Gasteiger partial charge in [0.05, 0.1) is 0 Å². The minimum Gasteiger partial charge on any atom is -0.333 e. The van der Waals surface area contributed by atoms with Crippen LogP contribution in [0, 0.1) is 5.92 Å². The summed E-state index contributed by atoms with van der Waals surface area (Å²) in [5, 5.41) is 7.46. The molecular formula is C23H28N4O. The third kappa shape index (κ3) is 2.87. The van der Waals surface area contributed by atoms with Gasteiger partial charge in [0.2, 0.25) is 0 Å². The zero-order chi connectivity index (χ0) is 18.7. The maximum absolute atomic E-state index is 13.2. The SMILES string of the molecule is O=C(c1cc(C2CC2)[nH]n1)N1C[C@H]2CC[C@@H]1CN(C1Cc3ccccc3C1)C2. The highest BCUT2D eigenvalue weighted by Crippen LogP contribution is 2.39. The minimum atomic E-state index is 0.134. The largest absolute Gasteiger partial charge is 0.333 e. The van der Waals surface area contributed by atoms with Gasteiger partial charge in [-0.15, -0.1) is 0 Å². The molecule has 5 aliphatic rings. The third-order valence-electron chi connectivity index (χ3n) is 7.38. The Morgan fingerprint density at radius 2 is 1.75 bits per heavy atom. The highest BCUT2D eigenvalue weighted by Gasteiger charge is 2.41. The quantitative estimate of drug-likeness (QED) is 0.896. The zero-order valence-electron chi connectivity index (χ0n) is 16.3. The normalized spacial score (nSPS) is 27.8. The Labute approximate surface area is 166 Å². The summed E-state index contributed by atoms with van der Waals surface area (Å²) in [5.41, 5.74) is 4.80. The number of fused-ring (bicyclic) bond motifs is 5. The van der Waals surface area contributed by atoms with Crippen LogP contribution in [0.3, 0.4) is 0 Å². The average molecular weight is 377 g/mol. The van der Waals surface area contributed by atoms with E-state index in [-0.39, 0.29) is 5.91 Å². The van der Waals surface area contributed by atoms with Crippen LogP contribution in [0.15, 0.2) is 30.3 Å². The molecule has 3 saturated heterocycles. The summed E-state index contributed by atoms with van der Waals surface area (Å²) < 4.78 is 0. The summed E-state index contributed by atoms with van der Waals surface area (Å²) in [7, 11) is 0. The molecule has 2 aromatic rings. The number of aromatic amines is 1. The topological polar surface area (TPSA) is 52.2 Å². The Hall–Kier alpha value is -2.14. The number of amides is 1. The highest BCUT2D eigenvalue weighted by molar-refractivity contribution is 5.92. The zero-order valence-corrected chi connectivity index (χ0v) is 16.3. The summed E-state index contributed by atoms with van der Waals surface area (Å²) in [4.78, 5) is 18.1. The van der Waals surface area contributed by atoms with Crippen LogP contribution in [0.1, 0.15) is 58.9 Å². The maximum Gasteiger partial charge on any atom is 0.274 e. The molecule has 146 valence electrons. The van der Waals surface area contributed by atoms with Gasteiger partial charge in [-0.25, -0.2) is 0 Å². The second kappa shape index (κ2) is 6.45. The number of nitrogens with one attached hydrogen (secondary N) is 1. The molecule has 4 heterocycles. The lowest BCUT2D eigenvalue weighted by molar-refractivity contribution is 0.0575. The monoisotopic (exact) mass is 376 g/mol. The van der Waals surface area contributed by atoms with E-state index in [0.29, 0.717) is 29.6 Å². The first kappa shape index (κ1) is 16.8. The molecule has 2 aliphatic carbocycles. The van der Waals surface area contributed by atoms with Crippen molar-refractivity contribution in [2.75, 3.05) is 19.6 Å². The van der Waals surface area contributed by atoms with Crippen molar-refractivity contribution in [3.05, 3.63) is 52.8 Å². The number of nitrogens with zero attached hydrogens (tertiary/aromatic N) is 3. The van der Waals surface area contributed by atoms with Crippen molar-refractivity contribution < 1.29 is 4.79 Å². The van der Waals surface area contributed by atoms with Crippen LogP contribution in [0.4, 0.5) is 0 Å². The maximum atomic E-state index is 13.2. The van der Waals surface area contributed by atoms with Crippen LogP contribution in [0.2, 0.25) is 0 Å². The van der Waals surface area contributed by atoms with Crippen LogP contribution in [-0.4, -0.2) is 57.6 Å². The van der Waals surface area contributed by atoms with Crippen LogP contribution >= 0.6 is 0 Å². The standard InChI is InChI=1S/C23H28N4O/c28-23(22-11-21(24-25-22)16-6-7-16)27-13-15-5-8-19(27)14-26(12-15)20-9-17-3-1-2-4-18(17)10-20/h1-4,11,15-16,19-20H,5-10,12-14H2,(H,24,25)/t15-,19+/m0/s1.